The van der Waals surface area contributed by atoms with Crippen LogP contribution in [-0.2, 0) is 4.79 Å². The number of carbonyl (C=O) groups is 2. The van der Waals surface area contributed by atoms with Gasteiger partial charge in [0, 0.05) is 31.7 Å². The number of carbonyl (C=O) groups excluding carboxylic acids is 1. The Labute approximate surface area is 165 Å². The number of methoxy groups -OCH3 is 1. The number of rotatable bonds is 5. The average Bonchev–Trinajstić information content (AvgIpc) is 2.69. The molecule has 0 unspecified atom stereocenters. The maximum Gasteiger partial charge on any atom is 0.325 e. The monoisotopic (exact) mass is 382 g/mol. The number of carboxylic acid groups (broad SMARTS) is 1. The third kappa shape index (κ3) is 4.17. The zero-order valence-corrected chi connectivity index (χ0v) is 16.5. The van der Waals surface area contributed by atoms with Crippen LogP contribution in [0.15, 0.2) is 42.5 Å². The van der Waals surface area contributed by atoms with Crippen molar-refractivity contribution in [1.29, 1.82) is 0 Å². The van der Waals surface area contributed by atoms with Crippen LogP contribution in [0.4, 0.5) is 0 Å². The van der Waals surface area contributed by atoms with Gasteiger partial charge in [-0.1, -0.05) is 29.8 Å². The molecule has 0 aliphatic carbocycles. The van der Waals surface area contributed by atoms with Crippen molar-refractivity contribution in [2.45, 2.75) is 19.9 Å². The van der Waals surface area contributed by atoms with Crippen LogP contribution in [0.5, 0.6) is 5.75 Å². The van der Waals surface area contributed by atoms with Gasteiger partial charge in [-0.05, 0) is 43.2 Å². The number of benzene rings is 2. The van der Waals surface area contributed by atoms with Crippen LogP contribution in [-0.4, -0.2) is 60.1 Å². The lowest BCUT2D eigenvalue weighted by atomic mass is 9.97. The van der Waals surface area contributed by atoms with Gasteiger partial charge >= 0.3 is 5.97 Å². The lowest BCUT2D eigenvalue weighted by molar-refractivity contribution is -0.144. The van der Waals surface area contributed by atoms with E-state index < -0.39 is 12.0 Å². The molecule has 1 amide bonds. The summed E-state index contributed by atoms with van der Waals surface area (Å²) in [5.41, 5.74) is 3.48. The Kier molecular flexibility index (Phi) is 5.99. The number of piperazine rings is 1. The molecular formula is C22H26N2O4. The number of nitrogens with zero attached hydrogens (tertiary/aromatic N) is 2. The first-order chi connectivity index (χ1) is 13.4. The van der Waals surface area contributed by atoms with Gasteiger partial charge in [0.1, 0.15) is 11.8 Å². The molecule has 1 atom stereocenters. The molecule has 2 aromatic carbocycles. The molecule has 1 fully saturated rings. The molecule has 1 saturated heterocycles. The first-order valence-electron chi connectivity index (χ1n) is 9.38. The van der Waals surface area contributed by atoms with Crippen LogP contribution >= 0.6 is 0 Å². The first kappa shape index (κ1) is 19.9. The number of amides is 1. The van der Waals surface area contributed by atoms with Crippen LogP contribution in [0.2, 0.25) is 0 Å². The number of hydrogen-bond donors (Lipinski definition) is 1. The predicted molar refractivity (Wildman–Crippen MR) is 107 cm³/mol. The molecule has 2 aromatic rings. The maximum atomic E-state index is 12.8. The SMILES string of the molecule is COc1cccc(C(=O)N2CCN([C@H](C(=O)O)c3ccc(C)cc3C)CC2)c1. The van der Waals surface area contributed by atoms with Crippen molar-refractivity contribution in [3.8, 4) is 5.75 Å². The van der Waals surface area contributed by atoms with Gasteiger partial charge in [-0.3, -0.25) is 14.5 Å². The summed E-state index contributed by atoms with van der Waals surface area (Å²) in [5, 5.41) is 9.85. The molecule has 1 aliphatic heterocycles. The van der Waals surface area contributed by atoms with Crippen LogP contribution in [0.1, 0.15) is 33.1 Å². The summed E-state index contributed by atoms with van der Waals surface area (Å²) in [6, 6.07) is 12.2. The first-order valence-corrected chi connectivity index (χ1v) is 9.38. The fourth-order valence-electron chi connectivity index (χ4n) is 3.74. The number of carboxylic acids is 1. The van der Waals surface area contributed by atoms with E-state index >= 15 is 0 Å². The highest BCUT2D eigenvalue weighted by Gasteiger charge is 2.32. The Balaban J connectivity index is 1.72. The van der Waals surface area contributed by atoms with Crippen molar-refractivity contribution in [2.75, 3.05) is 33.3 Å². The Bertz CT molecular complexity index is 873. The largest absolute Gasteiger partial charge is 0.497 e. The van der Waals surface area contributed by atoms with Gasteiger partial charge in [0.05, 0.1) is 7.11 Å². The number of aryl methyl sites for hydroxylation is 2. The van der Waals surface area contributed by atoms with Crippen LogP contribution < -0.4 is 4.74 Å². The molecular weight excluding hydrogens is 356 g/mol. The van der Waals surface area contributed by atoms with Crippen molar-refractivity contribution in [3.05, 3.63) is 64.7 Å². The molecule has 1 N–H and O–H groups in total. The molecule has 1 aliphatic rings. The summed E-state index contributed by atoms with van der Waals surface area (Å²) in [4.78, 5) is 28.5. The van der Waals surface area contributed by atoms with Crippen LogP contribution in [0.25, 0.3) is 0 Å². The van der Waals surface area contributed by atoms with E-state index in [9.17, 15) is 14.7 Å². The normalized spacial score (nSPS) is 15.9. The van der Waals surface area contributed by atoms with Gasteiger partial charge in [-0.25, -0.2) is 0 Å². The Morgan fingerprint density at radius 3 is 2.36 bits per heavy atom. The second kappa shape index (κ2) is 8.44. The van der Waals surface area contributed by atoms with E-state index in [1.165, 1.54) is 0 Å². The molecule has 0 spiro atoms. The van der Waals surface area contributed by atoms with Crippen molar-refractivity contribution in [3.63, 3.8) is 0 Å². The highest BCUT2D eigenvalue weighted by Crippen LogP contribution is 2.27. The van der Waals surface area contributed by atoms with Crippen molar-refractivity contribution in [2.24, 2.45) is 0 Å². The highest BCUT2D eigenvalue weighted by atomic mass is 16.5. The average molecular weight is 382 g/mol. The van der Waals surface area contributed by atoms with Gasteiger partial charge in [0.2, 0.25) is 0 Å². The molecule has 0 bridgehead atoms. The molecule has 0 aromatic heterocycles. The standard InChI is InChI=1S/C22H26N2O4/c1-15-7-8-19(16(2)13-15)20(22(26)27)23-9-11-24(12-10-23)21(25)17-5-4-6-18(14-17)28-3/h4-8,13-14,20H,9-12H2,1-3H3,(H,26,27)/t20-/m0/s1. The number of hydrogen-bond acceptors (Lipinski definition) is 4. The fraction of sp³-hybridized carbons (Fsp3) is 0.364. The molecule has 1 heterocycles. The summed E-state index contributed by atoms with van der Waals surface area (Å²) >= 11 is 0. The topological polar surface area (TPSA) is 70.1 Å². The van der Waals surface area contributed by atoms with E-state index in [4.69, 9.17) is 4.74 Å². The minimum absolute atomic E-state index is 0.0584. The molecule has 0 radical (unpaired) electrons. The minimum Gasteiger partial charge on any atom is -0.497 e. The fourth-order valence-corrected chi connectivity index (χ4v) is 3.74. The lowest BCUT2D eigenvalue weighted by Gasteiger charge is -2.38. The quantitative estimate of drug-likeness (QED) is 0.861. The summed E-state index contributed by atoms with van der Waals surface area (Å²) in [6.07, 6.45) is 0. The molecule has 148 valence electrons. The van der Waals surface area contributed by atoms with Crippen LogP contribution in [0, 0.1) is 13.8 Å². The third-order valence-corrected chi connectivity index (χ3v) is 5.24. The smallest absolute Gasteiger partial charge is 0.325 e. The third-order valence-electron chi connectivity index (χ3n) is 5.24. The highest BCUT2D eigenvalue weighted by molar-refractivity contribution is 5.94. The second-order valence-corrected chi connectivity index (χ2v) is 7.16. The Morgan fingerprint density at radius 2 is 1.75 bits per heavy atom. The van der Waals surface area contributed by atoms with Gasteiger partial charge in [0.25, 0.3) is 5.91 Å². The van der Waals surface area contributed by atoms with Crippen LogP contribution in [0.3, 0.4) is 0 Å². The minimum atomic E-state index is -0.862. The van der Waals surface area contributed by atoms with Crippen molar-refractivity contribution < 1.29 is 19.4 Å². The zero-order chi connectivity index (χ0) is 20.3. The zero-order valence-electron chi connectivity index (χ0n) is 16.5. The maximum absolute atomic E-state index is 12.8. The van der Waals surface area contributed by atoms with Gasteiger partial charge in [-0.15, -0.1) is 0 Å². The van der Waals surface area contributed by atoms with Crippen molar-refractivity contribution >= 4 is 11.9 Å². The molecule has 6 nitrogen and oxygen atoms in total. The van der Waals surface area contributed by atoms with E-state index in [2.05, 4.69) is 0 Å². The Hall–Kier alpha value is -2.86. The molecule has 0 saturated carbocycles. The van der Waals surface area contributed by atoms with Gasteiger partial charge < -0.3 is 14.7 Å². The summed E-state index contributed by atoms with van der Waals surface area (Å²) in [5.74, 6) is -0.276. The lowest BCUT2D eigenvalue weighted by Crippen LogP contribution is -2.51. The summed E-state index contributed by atoms with van der Waals surface area (Å²) in [7, 11) is 1.57. The van der Waals surface area contributed by atoms with Gasteiger partial charge in [-0.2, -0.15) is 0 Å². The molecule has 3 rings (SSSR count). The van der Waals surface area contributed by atoms with Crippen molar-refractivity contribution in [1.82, 2.24) is 9.80 Å². The predicted octanol–water partition coefficient (Wildman–Crippen LogP) is 2.90. The van der Waals surface area contributed by atoms with Gasteiger partial charge in [0.15, 0.2) is 0 Å². The van der Waals surface area contributed by atoms with E-state index in [1.54, 1.807) is 36.3 Å². The van der Waals surface area contributed by atoms with E-state index in [1.807, 2.05) is 36.9 Å². The van der Waals surface area contributed by atoms with E-state index in [0.717, 1.165) is 16.7 Å². The number of aliphatic carboxylic acids is 1. The molecule has 6 heteroatoms. The summed E-state index contributed by atoms with van der Waals surface area (Å²) in [6.45, 7) is 5.95. The number of ether oxygens (including phenoxy) is 1. The van der Waals surface area contributed by atoms with E-state index in [0.29, 0.717) is 37.5 Å². The Morgan fingerprint density at radius 1 is 1.04 bits per heavy atom. The van der Waals surface area contributed by atoms with E-state index in [-0.39, 0.29) is 5.91 Å². The summed E-state index contributed by atoms with van der Waals surface area (Å²) < 4.78 is 5.19. The molecule has 28 heavy (non-hydrogen) atoms. The second-order valence-electron chi connectivity index (χ2n) is 7.16.